The first kappa shape index (κ1) is 13.5. The normalized spacial score (nSPS) is 16.8. The Morgan fingerprint density at radius 3 is 2.78 bits per heavy atom. The molecule has 1 unspecified atom stereocenters. The van der Waals surface area contributed by atoms with Gasteiger partial charge in [-0.3, -0.25) is 0 Å². The molecule has 1 aliphatic rings. The van der Waals surface area contributed by atoms with Crippen LogP contribution >= 0.6 is 0 Å². The molecule has 0 amide bonds. The summed E-state index contributed by atoms with van der Waals surface area (Å²) in [6.07, 6.45) is 5.59. The number of rotatable bonds is 7. The molecule has 2 rings (SSSR count). The van der Waals surface area contributed by atoms with Gasteiger partial charge >= 0.3 is 0 Å². The lowest BCUT2D eigenvalue weighted by Crippen LogP contribution is -2.23. The van der Waals surface area contributed by atoms with Crippen molar-refractivity contribution in [3.8, 4) is 0 Å². The van der Waals surface area contributed by atoms with E-state index < -0.39 is 0 Å². The van der Waals surface area contributed by atoms with E-state index in [1.807, 2.05) is 0 Å². The zero-order valence-electron chi connectivity index (χ0n) is 10.9. The van der Waals surface area contributed by atoms with Gasteiger partial charge in [-0.2, -0.15) is 0 Å². The molecule has 0 spiro atoms. The molecule has 1 N–H and O–H groups in total. The summed E-state index contributed by atoms with van der Waals surface area (Å²) in [5.74, 6) is 0.148. The Labute approximate surface area is 108 Å². The van der Waals surface area contributed by atoms with Gasteiger partial charge in [0, 0.05) is 11.6 Å². The highest BCUT2D eigenvalue weighted by atomic mass is 19.1. The molecule has 1 aromatic rings. The monoisotopic (exact) mass is 253 g/mol. The van der Waals surface area contributed by atoms with Gasteiger partial charge in [0.25, 0.3) is 0 Å². The highest BCUT2D eigenvalue weighted by Gasteiger charge is 2.24. The largest absolute Gasteiger partial charge is 0.310 e. The summed E-state index contributed by atoms with van der Waals surface area (Å²) in [6, 6.07) is 3.68. The van der Waals surface area contributed by atoms with Crippen molar-refractivity contribution in [3.05, 3.63) is 35.4 Å². The minimum Gasteiger partial charge on any atom is -0.310 e. The summed E-state index contributed by atoms with van der Waals surface area (Å²) in [4.78, 5) is 0. The summed E-state index contributed by atoms with van der Waals surface area (Å²) >= 11 is 0. The van der Waals surface area contributed by atoms with Gasteiger partial charge in [-0.1, -0.05) is 19.8 Å². The molecule has 0 aromatic heterocycles. The van der Waals surface area contributed by atoms with Crippen LogP contribution in [0.25, 0.3) is 0 Å². The molecule has 1 aromatic carbocycles. The van der Waals surface area contributed by atoms with Crippen LogP contribution < -0.4 is 5.32 Å². The van der Waals surface area contributed by atoms with E-state index >= 15 is 0 Å². The van der Waals surface area contributed by atoms with Gasteiger partial charge < -0.3 is 5.32 Å². The Hall–Kier alpha value is -0.960. The van der Waals surface area contributed by atoms with Gasteiger partial charge in [0.15, 0.2) is 0 Å². The van der Waals surface area contributed by atoms with Crippen molar-refractivity contribution in [2.45, 2.75) is 45.1 Å². The topological polar surface area (TPSA) is 12.0 Å². The minimum atomic E-state index is -0.360. The number of nitrogens with one attached hydrogen (secondary N) is 1. The summed E-state index contributed by atoms with van der Waals surface area (Å²) in [5, 5.41) is 3.33. The van der Waals surface area contributed by atoms with E-state index in [9.17, 15) is 8.78 Å². The molecule has 1 fully saturated rings. The fourth-order valence-electron chi connectivity index (χ4n) is 2.28. The zero-order chi connectivity index (χ0) is 13.0. The molecule has 0 saturated heterocycles. The average Bonchev–Trinajstić information content (AvgIpc) is 3.17. The predicted molar refractivity (Wildman–Crippen MR) is 69.4 cm³/mol. The molecule has 0 bridgehead atoms. The second-order valence-corrected chi connectivity index (χ2v) is 5.19. The molecule has 1 atom stereocenters. The molecule has 0 heterocycles. The maximum Gasteiger partial charge on any atom is 0.128 e. The van der Waals surface area contributed by atoms with Gasteiger partial charge in [0.2, 0.25) is 0 Å². The van der Waals surface area contributed by atoms with Crippen molar-refractivity contribution in [3.63, 3.8) is 0 Å². The SMILES string of the molecule is CCCNC(CCC1CC1)c1cc(F)ccc1F. The summed E-state index contributed by atoms with van der Waals surface area (Å²) < 4.78 is 27.0. The van der Waals surface area contributed by atoms with Crippen molar-refractivity contribution >= 4 is 0 Å². The van der Waals surface area contributed by atoms with Gasteiger partial charge in [0.05, 0.1) is 0 Å². The van der Waals surface area contributed by atoms with Crippen LogP contribution in [-0.2, 0) is 0 Å². The molecule has 3 heteroatoms. The van der Waals surface area contributed by atoms with Crippen molar-refractivity contribution in [1.82, 2.24) is 5.32 Å². The van der Waals surface area contributed by atoms with E-state index in [0.717, 1.165) is 31.7 Å². The number of benzene rings is 1. The van der Waals surface area contributed by atoms with Crippen LogP contribution in [0.4, 0.5) is 8.78 Å². The number of halogens is 2. The van der Waals surface area contributed by atoms with E-state index in [1.165, 1.54) is 31.0 Å². The van der Waals surface area contributed by atoms with Gasteiger partial charge in [0.1, 0.15) is 11.6 Å². The number of hydrogen-bond acceptors (Lipinski definition) is 1. The molecule has 0 aliphatic heterocycles. The highest BCUT2D eigenvalue weighted by molar-refractivity contribution is 5.22. The maximum absolute atomic E-state index is 13.8. The Bertz CT molecular complexity index is 388. The molecule has 1 nitrogen and oxygen atoms in total. The molecular formula is C15H21F2N. The Morgan fingerprint density at radius 2 is 2.11 bits per heavy atom. The van der Waals surface area contributed by atoms with E-state index in [1.54, 1.807) is 0 Å². The van der Waals surface area contributed by atoms with Crippen LogP contribution in [0.1, 0.15) is 50.6 Å². The smallest absolute Gasteiger partial charge is 0.128 e. The number of hydrogen-bond donors (Lipinski definition) is 1. The van der Waals surface area contributed by atoms with E-state index in [0.29, 0.717) is 5.56 Å². The van der Waals surface area contributed by atoms with E-state index in [-0.39, 0.29) is 17.7 Å². The zero-order valence-corrected chi connectivity index (χ0v) is 10.9. The van der Waals surface area contributed by atoms with Crippen LogP contribution in [0.15, 0.2) is 18.2 Å². The standard InChI is InChI=1S/C15H21F2N/c1-2-9-18-15(8-5-11-3-4-11)13-10-12(16)6-7-14(13)17/h6-7,10-11,15,18H,2-5,8-9H2,1H3. The first-order valence-electron chi connectivity index (χ1n) is 6.89. The van der Waals surface area contributed by atoms with Gasteiger partial charge in [-0.15, -0.1) is 0 Å². The van der Waals surface area contributed by atoms with Crippen molar-refractivity contribution in [2.24, 2.45) is 5.92 Å². The highest BCUT2D eigenvalue weighted by Crippen LogP contribution is 2.36. The lowest BCUT2D eigenvalue weighted by Gasteiger charge is -2.19. The average molecular weight is 253 g/mol. The van der Waals surface area contributed by atoms with Crippen LogP contribution in [0.2, 0.25) is 0 Å². The molecule has 1 saturated carbocycles. The fraction of sp³-hybridized carbons (Fsp3) is 0.600. The van der Waals surface area contributed by atoms with Crippen LogP contribution in [0, 0.1) is 17.6 Å². The molecule has 1 aliphatic carbocycles. The van der Waals surface area contributed by atoms with Crippen molar-refractivity contribution < 1.29 is 8.78 Å². The van der Waals surface area contributed by atoms with E-state index in [4.69, 9.17) is 0 Å². The quantitative estimate of drug-likeness (QED) is 0.768. The van der Waals surface area contributed by atoms with Gasteiger partial charge in [-0.25, -0.2) is 8.78 Å². The summed E-state index contributed by atoms with van der Waals surface area (Å²) in [7, 11) is 0. The van der Waals surface area contributed by atoms with Crippen molar-refractivity contribution in [2.75, 3.05) is 6.54 Å². The van der Waals surface area contributed by atoms with Crippen LogP contribution in [0.3, 0.4) is 0 Å². The predicted octanol–water partition coefficient (Wildman–Crippen LogP) is 4.20. The second-order valence-electron chi connectivity index (χ2n) is 5.19. The Morgan fingerprint density at radius 1 is 1.33 bits per heavy atom. The second kappa shape index (κ2) is 6.28. The first-order chi connectivity index (χ1) is 8.70. The Kier molecular flexibility index (Phi) is 4.70. The fourth-order valence-corrected chi connectivity index (χ4v) is 2.28. The summed E-state index contributed by atoms with van der Waals surface area (Å²) in [6.45, 7) is 2.91. The first-order valence-corrected chi connectivity index (χ1v) is 6.89. The maximum atomic E-state index is 13.8. The third kappa shape index (κ3) is 3.77. The molecule has 0 radical (unpaired) electrons. The molecular weight excluding hydrogens is 232 g/mol. The third-order valence-corrected chi connectivity index (χ3v) is 3.53. The van der Waals surface area contributed by atoms with E-state index in [2.05, 4.69) is 12.2 Å². The van der Waals surface area contributed by atoms with Crippen LogP contribution in [-0.4, -0.2) is 6.54 Å². The van der Waals surface area contributed by atoms with Crippen molar-refractivity contribution in [1.29, 1.82) is 0 Å². The third-order valence-electron chi connectivity index (χ3n) is 3.53. The molecule has 100 valence electrons. The lowest BCUT2D eigenvalue weighted by molar-refractivity contribution is 0.447. The van der Waals surface area contributed by atoms with Crippen LogP contribution in [0.5, 0.6) is 0 Å². The minimum absolute atomic E-state index is 0.0544. The Balaban J connectivity index is 2.06. The van der Waals surface area contributed by atoms with Gasteiger partial charge in [-0.05, 0) is 49.9 Å². The summed E-state index contributed by atoms with van der Waals surface area (Å²) in [5.41, 5.74) is 0.476. The molecule has 18 heavy (non-hydrogen) atoms. The lowest BCUT2D eigenvalue weighted by atomic mass is 9.99.